The molecular weight excluding hydrogens is 264 g/mol. The maximum atomic E-state index is 12.5. The summed E-state index contributed by atoms with van der Waals surface area (Å²) in [5.41, 5.74) is 0.738. The largest absolute Gasteiger partial charge is 0.334 e. The molecule has 1 unspecified atom stereocenters. The summed E-state index contributed by atoms with van der Waals surface area (Å²) in [6.07, 6.45) is 6.68. The second kappa shape index (κ2) is 6.18. The summed E-state index contributed by atoms with van der Waals surface area (Å²) >= 11 is 0. The van der Waals surface area contributed by atoms with E-state index in [9.17, 15) is 4.79 Å². The molecule has 3 heterocycles. The van der Waals surface area contributed by atoms with Crippen molar-refractivity contribution in [1.82, 2.24) is 19.6 Å². The standard InChI is InChI=1S/C16H26N4O/c1-3-9-20-15(7-8-17-20)16(21)18-11-14(12-18)19-10-5-4-6-13(19)2/h7-8,13-14H,3-6,9-12H2,1-2H3. The van der Waals surface area contributed by atoms with Gasteiger partial charge in [0.05, 0.1) is 0 Å². The number of hydrogen-bond donors (Lipinski definition) is 0. The molecule has 2 aliphatic rings. The van der Waals surface area contributed by atoms with Gasteiger partial charge >= 0.3 is 0 Å². The quantitative estimate of drug-likeness (QED) is 0.851. The Hall–Kier alpha value is -1.36. The summed E-state index contributed by atoms with van der Waals surface area (Å²) in [6.45, 7) is 8.18. The predicted octanol–water partition coefficient (Wildman–Crippen LogP) is 1.99. The van der Waals surface area contributed by atoms with Crippen LogP contribution in [-0.2, 0) is 6.54 Å². The van der Waals surface area contributed by atoms with Crippen LogP contribution in [0.1, 0.15) is 50.0 Å². The van der Waals surface area contributed by atoms with Gasteiger partial charge in [-0.15, -0.1) is 0 Å². The topological polar surface area (TPSA) is 41.4 Å². The van der Waals surface area contributed by atoms with E-state index in [2.05, 4.69) is 23.8 Å². The smallest absolute Gasteiger partial charge is 0.272 e. The third kappa shape index (κ3) is 2.84. The predicted molar refractivity (Wildman–Crippen MR) is 82.2 cm³/mol. The van der Waals surface area contributed by atoms with Crippen LogP contribution in [0.25, 0.3) is 0 Å². The van der Waals surface area contributed by atoms with Gasteiger partial charge in [0.1, 0.15) is 5.69 Å². The van der Waals surface area contributed by atoms with E-state index >= 15 is 0 Å². The minimum atomic E-state index is 0.141. The molecule has 0 saturated carbocycles. The molecule has 1 aromatic rings. The molecule has 21 heavy (non-hydrogen) atoms. The number of aryl methyl sites for hydroxylation is 1. The van der Waals surface area contributed by atoms with Crippen molar-refractivity contribution in [2.75, 3.05) is 19.6 Å². The molecule has 116 valence electrons. The Kier molecular flexibility index (Phi) is 4.29. The zero-order valence-electron chi connectivity index (χ0n) is 13.2. The van der Waals surface area contributed by atoms with Crippen LogP contribution in [-0.4, -0.2) is 57.2 Å². The first-order valence-corrected chi connectivity index (χ1v) is 8.27. The fourth-order valence-electron chi connectivity index (χ4n) is 3.56. The van der Waals surface area contributed by atoms with Crippen molar-refractivity contribution in [2.45, 2.75) is 58.2 Å². The van der Waals surface area contributed by atoms with Gasteiger partial charge in [0.25, 0.3) is 5.91 Å². The van der Waals surface area contributed by atoms with Crippen LogP contribution < -0.4 is 0 Å². The van der Waals surface area contributed by atoms with Gasteiger partial charge in [-0.05, 0) is 38.8 Å². The molecule has 0 spiro atoms. The summed E-state index contributed by atoms with van der Waals surface area (Å²) in [6, 6.07) is 3.08. The third-order valence-electron chi connectivity index (χ3n) is 4.84. The van der Waals surface area contributed by atoms with Gasteiger partial charge in [-0.3, -0.25) is 14.4 Å². The van der Waals surface area contributed by atoms with E-state index in [-0.39, 0.29) is 5.91 Å². The second-order valence-corrected chi connectivity index (χ2v) is 6.39. The molecular formula is C16H26N4O. The lowest BCUT2D eigenvalue weighted by Crippen LogP contribution is -2.63. The van der Waals surface area contributed by atoms with Crippen LogP contribution >= 0.6 is 0 Å². The molecule has 2 aliphatic heterocycles. The lowest BCUT2D eigenvalue weighted by atomic mass is 9.97. The van der Waals surface area contributed by atoms with Crippen molar-refractivity contribution in [3.8, 4) is 0 Å². The van der Waals surface area contributed by atoms with Crippen LogP contribution in [0.2, 0.25) is 0 Å². The molecule has 0 bridgehead atoms. The average molecular weight is 290 g/mol. The normalized spacial score (nSPS) is 24.1. The Morgan fingerprint density at radius 2 is 2.19 bits per heavy atom. The summed E-state index contributed by atoms with van der Waals surface area (Å²) < 4.78 is 1.83. The highest BCUT2D eigenvalue weighted by Crippen LogP contribution is 2.25. The van der Waals surface area contributed by atoms with Crippen LogP contribution in [0.15, 0.2) is 12.3 Å². The van der Waals surface area contributed by atoms with Crippen LogP contribution in [0, 0.1) is 0 Å². The molecule has 0 aromatic carbocycles. The van der Waals surface area contributed by atoms with Gasteiger partial charge < -0.3 is 4.90 Å². The maximum absolute atomic E-state index is 12.5. The van der Waals surface area contributed by atoms with Crippen molar-refractivity contribution in [2.24, 2.45) is 0 Å². The fourth-order valence-corrected chi connectivity index (χ4v) is 3.56. The molecule has 3 rings (SSSR count). The molecule has 0 aliphatic carbocycles. The average Bonchev–Trinajstić information content (AvgIpc) is 2.88. The van der Waals surface area contributed by atoms with E-state index in [1.807, 2.05) is 15.6 Å². The zero-order valence-corrected chi connectivity index (χ0v) is 13.2. The summed E-state index contributed by atoms with van der Waals surface area (Å²) in [5.74, 6) is 0.141. The van der Waals surface area contributed by atoms with Gasteiger partial charge in [0.15, 0.2) is 0 Å². The number of rotatable bonds is 4. The minimum Gasteiger partial charge on any atom is -0.334 e. The van der Waals surface area contributed by atoms with Gasteiger partial charge in [-0.2, -0.15) is 5.10 Å². The minimum absolute atomic E-state index is 0.141. The van der Waals surface area contributed by atoms with Gasteiger partial charge in [-0.25, -0.2) is 0 Å². The van der Waals surface area contributed by atoms with E-state index in [0.29, 0.717) is 12.1 Å². The number of likely N-dealkylation sites (tertiary alicyclic amines) is 2. The summed E-state index contributed by atoms with van der Waals surface area (Å²) in [4.78, 5) is 17.1. The maximum Gasteiger partial charge on any atom is 0.272 e. The highest BCUT2D eigenvalue weighted by atomic mass is 16.2. The SMILES string of the molecule is CCCn1nccc1C(=O)N1CC(N2CCCCC2C)C1. The molecule has 5 nitrogen and oxygen atoms in total. The molecule has 0 N–H and O–H groups in total. The van der Waals surface area contributed by atoms with E-state index in [1.54, 1.807) is 6.20 Å². The van der Waals surface area contributed by atoms with E-state index in [0.717, 1.165) is 31.7 Å². The number of nitrogens with zero attached hydrogens (tertiary/aromatic N) is 4. The Morgan fingerprint density at radius 3 is 2.90 bits per heavy atom. The Labute approximate surface area is 126 Å². The lowest BCUT2D eigenvalue weighted by Gasteiger charge is -2.49. The zero-order chi connectivity index (χ0) is 14.8. The van der Waals surface area contributed by atoms with Gasteiger partial charge in [-0.1, -0.05) is 13.3 Å². The van der Waals surface area contributed by atoms with Crippen molar-refractivity contribution in [3.63, 3.8) is 0 Å². The van der Waals surface area contributed by atoms with Crippen molar-refractivity contribution < 1.29 is 4.79 Å². The molecule has 5 heteroatoms. The van der Waals surface area contributed by atoms with Crippen LogP contribution in [0.4, 0.5) is 0 Å². The fraction of sp³-hybridized carbons (Fsp3) is 0.750. The Bertz CT molecular complexity index is 492. The van der Waals surface area contributed by atoms with Gasteiger partial charge in [0.2, 0.25) is 0 Å². The van der Waals surface area contributed by atoms with E-state index in [1.165, 1.54) is 25.8 Å². The van der Waals surface area contributed by atoms with E-state index in [4.69, 9.17) is 0 Å². The Balaban J connectivity index is 1.58. The first kappa shape index (κ1) is 14.6. The molecule has 1 amide bonds. The molecule has 2 saturated heterocycles. The number of hydrogen-bond acceptors (Lipinski definition) is 3. The van der Waals surface area contributed by atoms with Gasteiger partial charge in [0, 0.05) is 37.9 Å². The number of carbonyl (C=O) groups is 1. The highest BCUT2D eigenvalue weighted by molar-refractivity contribution is 5.93. The Morgan fingerprint density at radius 1 is 1.38 bits per heavy atom. The monoisotopic (exact) mass is 290 g/mol. The first-order valence-electron chi connectivity index (χ1n) is 8.27. The number of piperidine rings is 1. The van der Waals surface area contributed by atoms with Crippen LogP contribution in [0.5, 0.6) is 0 Å². The molecule has 1 atom stereocenters. The van der Waals surface area contributed by atoms with Crippen molar-refractivity contribution in [1.29, 1.82) is 0 Å². The van der Waals surface area contributed by atoms with Crippen LogP contribution in [0.3, 0.4) is 0 Å². The highest BCUT2D eigenvalue weighted by Gasteiger charge is 2.38. The second-order valence-electron chi connectivity index (χ2n) is 6.39. The molecule has 0 radical (unpaired) electrons. The number of carbonyl (C=O) groups excluding carboxylic acids is 1. The summed E-state index contributed by atoms with van der Waals surface area (Å²) in [5, 5.41) is 4.25. The lowest BCUT2D eigenvalue weighted by molar-refractivity contribution is 0.00147. The molecule has 1 aromatic heterocycles. The molecule has 2 fully saturated rings. The van der Waals surface area contributed by atoms with E-state index < -0.39 is 0 Å². The third-order valence-corrected chi connectivity index (χ3v) is 4.84. The number of aromatic nitrogens is 2. The number of amides is 1. The van der Waals surface area contributed by atoms with Crippen molar-refractivity contribution in [3.05, 3.63) is 18.0 Å². The summed E-state index contributed by atoms with van der Waals surface area (Å²) in [7, 11) is 0. The van der Waals surface area contributed by atoms with Crippen molar-refractivity contribution >= 4 is 5.91 Å². The first-order chi connectivity index (χ1) is 10.2.